The summed E-state index contributed by atoms with van der Waals surface area (Å²) < 4.78 is 0. The Morgan fingerprint density at radius 2 is 1.50 bits per heavy atom. The first kappa shape index (κ1) is 14.4. The largest absolute Gasteiger partial charge is 0.328 e. The molecule has 0 aromatic heterocycles. The Labute approximate surface area is 125 Å². The molecule has 1 aliphatic carbocycles. The first-order valence-electron chi connectivity index (χ1n) is 6.08. The standard InChI is InChI=1S/C15H21.Y/c1-11-9-15(10-12(2)13(11)3)14-7-5-4-6-8-14;/h4,9-10,14H,5-8H2,1-3H3;/q-1;. The molecule has 0 amide bonds. The second-order valence-corrected chi connectivity index (χ2v) is 4.92. The SMILES string of the molecule is Cc1cc(C2CC[CH-]CC2)cc(C)c1C.[Y]. The minimum atomic E-state index is 0. The zero-order valence-corrected chi connectivity index (χ0v) is 13.6. The summed E-state index contributed by atoms with van der Waals surface area (Å²) in [5, 5.41) is 0. The molecule has 0 bridgehead atoms. The van der Waals surface area contributed by atoms with Gasteiger partial charge in [-0.25, -0.2) is 0 Å². The van der Waals surface area contributed by atoms with Crippen LogP contribution in [-0.4, -0.2) is 0 Å². The van der Waals surface area contributed by atoms with Crippen LogP contribution in [0, 0.1) is 27.2 Å². The van der Waals surface area contributed by atoms with E-state index in [-0.39, 0.29) is 32.7 Å². The van der Waals surface area contributed by atoms with Gasteiger partial charge in [0.15, 0.2) is 0 Å². The fraction of sp³-hybridized carbons (Fsp3) is 0.533. The van der Waals surface area contributed by atoms with Gasteiger partial charge in [0.2, 0.25) is 0 Å². The van der Waals surface area contributed by atoms with Crippen LogP contribution in [0.5, 0.6) is 0 Å². The molecule has 1 aromatic carbocycles. The van der Waals surface area contributed by atoms with Crippen LogP contribution < -0.4 is 0 Å². The Hall–Kier alpha value is 0.324. The van der Waals surface area contributed by atoms with Gasteiger partial charge in [-0.3, -0.25) is 0 Å². The Morgan fingerprint density at radius 3 is 2.00 bits per heavy atom. The molecule has 0 saturated heterocycles. The molecule has 1 fully saturated rings. The summed E-state index contributed by atoms with van der Waals surface area (Å²) in [6.07, 6.45) is 7.74. The van der Waals surface area contributed by atoms with Gasteiger partial charge in [0, 0.05) is 32.7 Å². The van der Waals surface area contributed by atoms with Crippen LogP contribution in [0.25, 0.3) is 0 Å². The fourth-order valence-electron chi connectivity index (χ4n) is 2.56. The van der Waals surface area contributed by atoms with Gasteiger partial charge in [-0.15, -0.1) is 0 Å². The Bertz CT molecular complexity index is 325. The molecule has 1 saturated carbocycles. The third-order valence-electron chi connectivity index (χ3n) is 3.86. The molecule has 0 nitrogen and oxygen atoms in total. The molecule has 16 heavy (non-hydrogen) atoms. The van der Waals surface area contributed by atoms with Crippen molar-refractivity contribution >= 4 is 0 Å². The van der Waals surface area contributed by atoms with Gasteiger partial charge in [-0.1, -0.05) is 25.0 Å². The molecule has 0 spiro atoms. The molecule has 1 heteroatoms. The van der Waals surface area contributed by atoms with E-state index in [0.29, 0.717) is 0 Å². The van der Waals surface area contributed by atoms with Crippen LogP contribution in [0.4, 0.5) is 0 Å². The van der Waals surface area contributed by atoms with Gasteiger partial charge in [0.25, 0.3) is 0 Å². The molecule has 0 unspecified atom stereocenters. The molecular formula is C15H21Y-. The van der Waals surface area contributed by atoms with Crippen molar-refractivity contribution in [2.45, 2.75) is 52.4 Å². The van der Waals surface area contributed by atoms with Crippen LogP contribution in [0.15, 0.2) is 12.1 Å². The van der Waals surface area contributed by atoms with E-state index in [1.807, 2.05) is 0 Å². The van der Waals surface area contributed by atoms with E-state index in [2.05, 4.69) is 39.3 Å². The zero-order valence-electron chi connectivity index (χ0n) is 10.7. The molecule has 1 aromatic rings. The third-order valence-corrected chi connectivity index (χ3v) is 3.86. The molecule has 1 aliphatic rings. The van der Waals surface area contributed by atoms with Crippen LogP contribution >= 0.6 is 0 Å². The maximum atomic E-state index is 2.43. The van der Waals surface area contributed by atoms with E-state index in [1.165, 1.54) is 42.4 Å². The number of hydrogen-bond donors (Lipinski definition) is 0. The second-order valence-electron chi connectivity index (χ2n) is 4.92. The maximum Gasteiger partial charge on any atom is 0 e. The zero-order chi connectivity index (χ0) is 10.8. The summed E-state index contributed by atoms with van der Waals surface area (Å²) in [5.41, 5.74) is 5.95. The molecule has 1 radical (unpaired) electrons. The van der Waals surface area contributed by atoms with Crippen molar-refractivity contribution in [1.29, 1.82) is 0 Å². The van der Waals surface area contributed by atoms with E-state index in [9.17, 15) is 0 Å². The maximum absolute atomic E-state index is 2.43. The van der Waals surface area contributed by atoms with Crippen LogP contribution in [0.1, 0.15) is 53.9 Å². The van der Waals surface area contributed by atoms with E-state index in [0.717, 1.165) is 5.92 Å². The van der Waals surface area contributed by atoms with Crippen molar-refractivity contribution in [3.63, 3.8) is 0 Å². The van der Waals surface area contributed by atoms with E-state index >= 15 is 0 Å². The minimum Gasteiger partial charge on any atom is -0.328 e. The van der Waals surface area contributed by atoms with Crippen molar-refractivity contribution in [1.82, 2.24) is 0 Å². The first-order valence-corrected chi connectivity index (χ1v) is 6.08. The van der Waals surface area contributed by atoms with Gasteiger partial charge in [-0.05, 0) is 48.9 Å². The Balaban J connectivity index is 0.00000128. The summed E-state index contributed by atoms with van der Waals surface area (Å²) in [6.45, 7) is 6.70. The van der Waals surface area contributed by atoms with Crippen LogP contribution in [0.3, 0.4) is 0 Å². The summed E-state index contributed by atoms with van der Waals surface area (Å²) in [7, 11) is 0. The van der Waals surface area contributed by atoms with E-state index < -0.39 is 0 Å². The quantitative estimate of drug-likeness (QED) is 0.669. The van der Waals surface area contributed by atoms with Gasteiger partial charge in [0.1, 0.15) is 0 Å². The van der Waals surface area contributed by atoms with E-state index in [4.69, 9.17) is 0 Å². The summed E-state index contributed by atoms with van der Waals surface area (Å²) >= 11 is 0. The molecule has 85 valence electrons. The topological polar surface area (TPSA) is 0 Å². The molecule has 0 aliphatic heterocycles. The summed E-state index contributed by atoms with van der Waals surface area (Å²) in [5.74, 6) is 0.813. The Morgan fingerprint density at radius 1 is 1.00 bits per heavy atom. The average Bonchev–Trinajstić information content (AvgIpc) is 2.26. The van der Waals surface area contributed by atoms with Gasteiger partial charge in [-0.2, -0.15) is 12.8 Å². The van der Waals surface area contributed by atoms with Crippen molar-refractivity contribution in [3.05, 3.63) is 40.8 Å². The second kappa shape index (κ2) is 6.31. The molecule has 2 rings (SSSR count). The smallest absolute Gasteiger partial charge is 0 e. The molecule has 0 atom stereocenters. The average molecular weight is 290 g/mol. The molecule has 0 heterocycles. The van der Waals surface area contributed by atoms with E-state index in [1.54, 1.807) is 5.56 Å². The molecular weight excluding hydrogens is 269 g/mol. The monoisotopic (exact) mass is 290 g/mol. The van der Waals surface area contributed by atoms with Crippen LogP contribution in [0.2, 0.25) is 0 Å². The molecule has 0 N–H and O–H groups in total. The van der Waals surface area contributed by atoms with Crippen molar-refractivity contribution < 1.29 is 32.7 Å². The first-order chi connectivity index (χ1) is 7.18. The fourth-order valence-corrected chi connectivity index (χ4v) is 2.56. The predicted octanol–water partition coefficient (Wildman–Crippen LogP) is 4.47. The van der Waals surface area contributed by atoms with Crippen molar-refractivity contribution in [2.75, 3.05) is 0 Å². The third kappa shape index (κ3) is 3.17. The van der Waals surface area contributed by atoms with Gasteiger partial charge in [0.05, 0.1) is 0 Å². The number of hydrogen-bond acceptors (Lipinski definition) is 0. The van der Waals surface area contributed by atoms with Crippen LogP contribution in [-0.2, 0) is 32.7 Å². The minimum absolute atomic E-state index is 0. The summed E-state index contributed by atoms with van der Waals surface area (Å²) in [4.78, 5) is 0. The number of rotatable bonds is 1. The number of benzene rings is 1. The van der Waals surface area contributed by atoms with Gasteiger partial charge >= 0.3 is 0 Å². The number of aryl methyl sites for hydroxylation is 2. The van der Waals surface area contributed by atoms with Crippen molar-refractivity contribution in [3.8, 4) is 0 Å². The van der Waals surface area contributed by atoms with Gasteiger partial charge < -0.3 is 6.42 Å². The normalized spacial score (nSPS) is 16.9. The van der Waals surface area contributed by atoms with Crippen molar-refractivity contribution in [2.24, 2.45) is 0 Å². The Kier molecular flexibility index (Phi) is 5.67. The predicted molar refractivity (Wildman–Crippen MR) is 66.2 cm³/mol. The summed E-state index contributed by atoms with van der Waals surface area (Å²) in [6, 6.07) is 4.80.